The molecule has 1 aromatic rings. The highest BCUT2D eigenvalue weighted by Gasteiger charge is 2.20. The molecule has 0 spiro atoms. The topological polar surface area (TPSA) is 59.2 Å². The van der Waals surface area contributed by atoms with Gasteiger partial charge in [-0.3, -0.25) is 9.78 Å². The van der Waals surface area contributed by atoms with Crippen molar-refractivity contribution in [2.45, 2.75) is 39.8 Å². The van der Waals surface area contributed by atoms with Crippen LogP contribution >= 0.6 is 24.8 Å². The molecule has 0 fully saturated rings. The number of carbonyl (C=O) groups excluding carboxylic acids is 1. The van der Waals surface area contributed by atoms with E-state index in [2.05, 4.69) is 18.8 Å². The third-order valence-corrected chi connectivity index (χ3v) is 2.81. The van der Waals surface area contributed by atoms with E-state index >= 15 is 0 Å². The second-order valence-electron chi connectivity index (χ2n) is 4.91. The van der Waals surface area contributed by atoms with Gasteiger partial charge < -0.3 is 10.6 Å². The lowest BCUT2D eigenvalue weighted by molar-refractivity contribution is -0.133. The molecule has 1 aromatic heterocycles. The second-order valence-corrected chi connectivity index (χ2v) is 4.91. The van der Waals surface area contributed by atoms with Gasteiger partial charge in [0.05, 0.1) is 18.3 Å². The van der Waals surface area contributed by atoms with Gasteiger partial charge in [0, 0.05) is 12.7 Å². The first kappa shape index (κ1) is 21.5. The molecule has 0 saturated heterocycles. The van der Waals surface area contributed by atoms with E-state index in [1.807, 2.05) is 25.1 Å². The molecule has 0 aliphatic heterocycles. The monoisotopic (exact) mass is 321 g/mol. The molecule has 116 valence electrons. The number of halogens is 2. The van der Waals surface area contributed by atoms with Crippen LogP contribution in [0.15, 0.2) is 24.4 Å². The van der Waals surface area contributed by atoms with Crippen molar-refractivity contribution in [2.24, 2.45) is 11.7 Å². The normalized spacial score (nSPS) is 11.2. The number of hydrogen-bond acceptors (Lipinski definition) is 3. The fourth-order valence-corrected chi connectivity index (χ4v) is 1.88. The number of likely N-dealkylation sites (N-methyl/N-ethyl adjacent to an activating group) is 1. The number of nitrogens with two attached hydrogens (primary N) is 1. The van der Waals surface area contributed by atoms with Crippen molar-refractivity contribution in [3.63, 3.8) is 0 Å². The van der Waals surface area contributed by atoms with Gasteiger partial charge in [0.15, 0.2) is 0 Å². The number of aromatic nitrogens is 1. The van der Waals surface area contributed by atoms with Crippen LogP contribution in [0.1, 0.15) is 32.9 Å². The van der Waals surface area contributed by atoms with E-state index < -0.39 is 6.04 Å². The Balaban J connectivity index is 0. The Morgan fingerprint density at radius 1 is 1.35 bits per heavy atom. The summed E-state index contributed by atoms with van der Waals surface area (Å²) in [7, 11) is 0. The molecule has 1 atom stereocenters. The van der Waals surface area contributed by atoms with E-state index in [0.717, 1.165) is 12.1 Å². The molecule has 0 aliphatic rings. The summed E-state index contributed by atoms with van der Waals surface area (Å²) in [5.41, 5.74) is 6.83. The first-order valence-electron chi connectivity index (χ1n) is 6.48. The highest BCUT2D eigenvalue weighted by Crippen LogP contribution is 2.08. The summed E-state index contributed by atoms with van der Waals surface area (Å²) < 4.78 is 0. The third-order valence-electron chi connectivity index (χ3n) is 2.81. The highest BCUT2D eigenvalue weighted by atomic mass is 35.5. The zero-order valence-corrected chi connectivity index (χ0v) is 13.9. The molecule has 1 amide bonds. The van der Waals surface area contributed by atoms with Gasteiger partial charge >= 0.3 is 0 Å². The van der Waals surface area contributed by atoms with Gasteiger partial charge in [-0.25, -0.2) is 0 Å². The van der Waals surface area contributed by atoms with Crippen LogP contribution in [-0.2, 0) is 11.3 Å². The van der Waals surface area contributed by atoms with Crippen molar-refractivity contribution in [3.05, 3.63) is 30.1 Å². The minimum atomic E-state index is -0.409. The van der Waals surface area contributed by atoms with Gasteiger partial charge in [0.1, 0.15) is 0 Å². The molecule has 1 rings (SSSR count). The molecule has 20 heavy (non-hydrogen) atoms. The Labute approximate surface area is 134 Å². The Morgan fingerprint density at radius 2 is 2.00 bits per heavy atom. The van der Waals surface area contributed by atoms with Crippen molar-refractivity contribution >= 4 is 30.7 Å². The van der Waals surface area contributed by atoms with E-state index in [0.29, 0.717) is 19.0 Å². The molecule has 0 unspecified atom stereocenters. The molecule has 0 radical (unpaired) electrons. The lowest BCUT2D eigenvalue weighted by Crippen LogP contribution is -2.44. The first-order chi connectivity index (χ1) is 8.54. The van der Waals surface area contributed by atoms with E-state index in [1.165, 1.54) is 0 Å². The lowest BCUT2D eigenvalue weighted by atomic mass is 10.0. The maximum atomic E-state index is 12.2. The van der Waals surface area contributed by atoms with Gasteiger partial charge in [0.2, 0.25) is 5.91 Å². The molecule has 0 saturated carbocycles. The summed E-state index contributed by atoms with van der Waals surface area (Å²) >= 11 is 0. The van der Waals surface area contributed by atoms with Crippen LogP contribution in [0.2, 0.25) is 0 Å². The van der Waals surface area contributed by atoms with Gasteiger partial charge in [-0.2, -0.15) is 0 Å². The standard InChI is InChI=1S/C14H23N3O.2ClH/c1-4-17(10-12-7-5-6-8-16-12)14(18)13(15)9-11(2)3;;/h5-8,11,13H,4,9-10,15H2,1-3H3;2*1H/t13-;;/m0../s1. The molecule has 1 heterocycles. The van der Waals surface area contributed by atoms with E-state index in [9.17, 15) is 4.79 Å². The fourth-order valence-electron chi connectivity index (χ4n) is 1.88. The predicted molar refractivity (Wildman–Crippen MR) is 87.3 cm³/mol. The van der Waals surface area contributed by atoms with Gasteiger partial charge in [-0.1, -0.05) is 19.9 Å². The molecule has 6 heteroatoms. The maximum Gasteiger partial charge on any atom is 0.239 e. The van der Waals surface area contributed by atoms with Crippen molar-refractivity contribution in [2.75, 3.05) is 6.54 Å². The SMILES string of the molecule is CCN(Cc1ccccn1)C(=O)[C@@H](N)CC(C)C.Cl.Cl. The van der Waals surface area contributed by atoms with E-state index in [-0.39, 0.29) is 30.7 Å². The molecule has 0 aromatic carbocycles. The first-order valence-corrected chi connectivity index (χ1v) is 6.48. The largest absolute Gasteiger partial charge is 0.336 e. The Bertz CT molecular complexity index is 374. The Hall–Kier alpha value is -0.840. The Kier molecular flexibility index (Phi) is 11.7. The smallest absolute Gasteiger partial charge is 0.239 e. The molecule has 0 bridgehead atoms. The van der Waals surface area contributed by atoms with Crippen LogP contribution in [0.25, 0.3) is 0 Å². The van der Waals surface area contributed by atoms with Crippen LogP contribution in [0.5, 0.6) is 0 Å². The highest BCUT2D eigenvalue weighted by molar-refractivity contribution is 5.85. The number of carbonyl (C=O) groups is 1. The van der Waals surface area contributed by atoms with Crippen molar-refractivity contribution in [1.29, 1.82) is 0 Å². The average molecular weight is 322 g/mol. The molecular weight excluding hydrogens is 297 g/mol. The van der Waals surface area contributed by atoms with Crippen LogP contribution in [0.3, 0.4) is 0 Å². The van der Waals surface area contributed by atoms with Crippen molar-refractivity contribution < 1.29 is 4.79 Å². The minimum Gasteiger partial charge on any atom is -0.336 e. The van der Waals surface area contributed by atoms with Crippen LogP contribution in [0.4, 0.5) is 0 Å². The fraction of sp³-hybridized carbons (Fsp3) is 0.571. The molecule has 2 N–H and O–H groups in total. The number of hydrogen-bond donors (Lipinski definition) is 1. The van der Waals surface area contributed by atoms with Gasteiger partial charge in [-0.15, -0.1) is 24.8 Å². The molecule has 0 aliphatic carbocycles. The summed E-state index contributed by atoms with van der Waals surface area (Å²) in [6.07, 6.45) is 2.46. The summed E-state index contributed by atoms with van der Waals surface area (Å²) in [5.74, 6) is 0.439. The zero-order valence-electron chi connectivity index (χ0n) is 12.3. The maximum absolute atomic E-state index is 12.2. The molecular formula is C14H25Cl2N3O. The third kappa shape index (κ3) is 7.08. The zero-order chi connectivity index (χ0) is 13.5. The Morgan fingerprint density at radius 3 is 2.45 bits per heavy atom. The van der Waals surface area contributed by atoms with Crippen LogP contribution in [-0.4, -0.2) is 28.4 Å². The average Bonchev–Trinajstić information content (AvgIpc) is 2.35. The van der Waals surface area contributed by atoms with Crippen LogP contribution < -0.4 is 5.73 Å². The molecule has 4 nitrogen and oxygen atoms in total. The summed E-state index contributed by atoms with van der Waals surface area (Å²) in [6.45, 7) is 7.29. The van der Waals surface area contributed by atoms with Crippen molar-refractivity contribution in [1.82, 2.24) is 9.88 Å². The van der Waals surface area contributed by atoms with Crippen molar-refractivity contribution in [3.8, 4) is 0 Å². The summed E-state index contributed by atoms with van der Waals surface area (Å²) in [4.78, 5) is 18.2. The number of pyridine rings is 1. The predicted octanol–water partition coefficient (Wildman–Crippen LogP) is 2.65. The second kappa shape index (κ2) is 10.9. The van der Waals surface area contributed by atoms with E-state index in [1.54, 1.807) is 11.1 Å². The van der Waals surface area contributed by atoms with Gasteiger partial charge in [0.25, 0.3) is 0 Å². The summed E-state index contributed by atoms with van der Waals surface area (Å²) in [5, 5.41) is 0. The van der Waals surface area contributed by atoms with Gasteiger partial charge in [-0.05, 0) is 31.4 Å². The number of nitrogens with zero attached hydrogens (tertiary/aromatic N) is 2. The quantitative estimate of drug-likeness (QED) is 0.876. The van der Waals surface area contributed by atoms with E-state index in [4.69, 9.17) is 5.73 Å². The van der Waals surface area contributed by atoms with Crippen LogP contribution in [0, 0.1) is 5.92 Å². The summed E-state index contributed by atoms with van der Waals surface area (Å²) in [6, 6.07) is 5.30. The number of rotatable bonds is 6. The lowest BCUT2D eigenvalue weighted by Gasteiger charge is -2.24. The minimum absolute atomic E-state index is 0. The number of amides is 1.